The Labute approximate surface area is 155 Å². The molecule has 2 aromatic heterocycles. The fraction of sp³-hybridized carbons (Fsp3) is 0.600. The molecule has 0 saturated carbocycles. The van der Waals surface area contributed by atoms with E-state index in [9.17, 15) is 4.57 Å². The highest BCUT2D eigenvalue weighted by molar-refractivity contribution is 14.1. The van der Waals surface area contributed by atoms with Crippen LogP contribution in [0.2, 0.25) is 0 Å². The van der Waals surface area contributed by atoms with E-state index in [-0.39, 0.29) is 7.85 Å². The first-order chi connectivity index (χ1) is 10.7. The van der Waals surface area contributed by atoms with Crippen LogP contribution in [0.25, 0.3) is 0 Å². The van der Waals surface area contributed by atoms with E-state index in [2.05, 4.69) is 75.5 Å². The van der Waals surface area contributed by atoms with Gasteiger partial charge in [-0.25, -0.2) is 9.97 Å². The van der Waals surface area contributed by atoms with Gasteiger partial charge in [-0.1, -0.05) is 45.2 Å². The molecule has 0 fully saturated rings. The molecule has 2 atom stereocenters. The molecule has 0 amide bonds. The van der Waals surface area contributed by atoms with Crippen LogP contribution in [-0.4, -0.2) is 43.6 Å². The zero-order chi connectivity index (χ0) is 15.8. The van der Waals surface area contributed by atoms with Crippen LogP contribution in [-0.2, 0) is 13.6 Å². The predicted molar refractivity (Wildman–Crippen MR) is 96.4 cm³/mol. The normalized spacial score (nSPS) is 15.5. The van der Waals surface area contributed by atoms with Gasteiger partial charge < -0.3 is 9.05 Å². The molecule has 0 aromatic carbocycles. The van der Waals surface area contributed by atoms with Gasteiger partial charge in [-0.3, -0.25) is 14.8 Å². The number of hydrogen-bond donors (Lipinski definition) is 2. The molecular formula is C10H15I2N6O3P. The van der Waals surface area contributed by atoms with E-state index in [1.807, 2.05) is 0 Å². The molecule has 2 N–H and O–H groups in total. The summed E-state index contributed by atoms with van der Waals surface area (Å²) in [6.07, 6.45) is 4.40. The first kappa shape index (κ1) is 18.2. The van der Waals surface area contributed by atoms with Crippen molar-refractivity contribution >= 4 is 53.4 Å². The summed E-state index contributed by atoms with van der Waals surface area (Å²) in [7, 11) is -2.47. The lowest BCUT2D eigenvalue weighted by Gasteiger charge is -2.09. The fourth-order valence-corrected chi connectivity index (χ4v) is 3.29. The van der Waals surface area contributed by atoms with Crippen molar-refractivity contribution in [3.63, 3.8) is 0 Å². The molecule has 0 bridgehead atoms. The summed E-state index contributed by atoms with van der Waals surface area (Å²) in [6.45, 7) is 0.684. The summed E-state index contributed by atoms with van der Waals surface area (Å²) in [5.41, 5.74) is 0. The molecule has 2 rings (SSSR count). The van der Waals surface area contributed by atoms with Crippen LogP contribution in [0.5, 0.6) is 0 Å². The van der Waals surface area contributed by atoms with Gasteiger partial charge in [0.05, 0.1) is 21.1 Å². The number of aromatic nitrogens is 6. The van der Waals surface area contributed by atoms with Crippen LogP contribution in [0.1, 0.15) is 32.3 Å². The van der Waals surface area contributed by atoms with Gasteiger partial charge in [-0.15, -0.1) is 0 Å². The zero-order valence-corrected chi connectivity index (χ0v) is 16.7. The minimum Gasteiger partial charge on any atom is -0.311 e. The predicted octanol–water partition coefficient (Wildman–Crippen LogP) is 2.78. The molecule has 0 radical (unpaired) electrons. The van der Waals surface area contributed by atoms with Crippen LogP contribution in [0.15, 0.2) is 12.7 Å². The minimum atomic E-state index is -2.47. The molecule has 2 unspecified atom stereocenters. The summed E-state index contributed by atoms with van der Waals surface area (Å²) in [5.74, 6) is 1.42. The zero-order valence-electron chi connectivity index (χ0n) is 11.4. The summed E-state index contributed by atoms with van der Waals surface area (Å²) in [4.78, 5) is 8.12. The van der Waals surface area contributed by atoms with Crippen molar-refractivity contribution in [1.29, 1.82) is 0 Å². The largest absolute Gasteiger partial charge is 0.319 e. The molecule has 2 aromatic rings. The lowest BCUT2D eigenvalue weighted by atomic mass is 10.3. The van der Waals surface area contributed by atoms with Crippen molar-refractivity contribution < 1.29 is 13.6 Å². The van der Waals surface area contributed by atoms with Gasteiger partial charge in [0.25, 0.3) is 0 Å². The van der Waals surface area contributed by atoms with Gasteiger partial charge in [0.15, 0.2) is 11.6 Å². The molecular weight excluding hydrogens is 537 g/mol. The Hall–Kier alpha value is -0.110. The number of halogens is 2. The Kier molecular flexibility index (Phi) is 8.21. The molecule has 0 spiro atoms. The highest BCUT2D eigenvalue weighted by atomic mass is 127. The van der Waals surface area contributed by atoms with E-state index >= 15 is 0 Å². The number of nitrogens with one attached hydrogen (secondary N) is 2. The quantitative estimate of drug-likeness (QED) is 0.265. The summed E-state index contributed by atoms with van der Waals surface area (Å²) in [6, 6.07) is 0. The third kappa shape index (κ3) is 6.18. The minimum absolute atomic E-state index is 0.114. The van der Waals surface area contributed by atoms with Crippen molar-refractivity contribution in [2.45, 2.75) is 20.7 Å². The first-order valence-corrected chi connectivity index (χ1v) is 10.2. The van der Waals surface area contributed by atoms with Crippen LogP contribution in [0.3, 0.4) is 0 Å². The maximum absolute atomic E-state index is 11.6. The van der Waals surface area contributed by atoms with Crippen molar-refractivity contribution in [2.24, 2.45) is 0 Å². The van der Waals surface area contributed by atoms with Crippen molar-refractivity contribution in [3.8, 4) is 0 Å². The summed E-state index contributed by atoms with van der Waals surface area (Å²) >= 11 is 4.44. The summed E-state index contributed by atoms with van der Waals surface area (Å²) < 4.78 is 22.3. The van der Waals surface area contributed by atoms with Crippen LogP contribution in [0, 0.1) is 0 Å². The van der Waals surface area contributed by atoms with Crippen LogP contribution >= 0.6 is 53.4 Å². The molecule has 0 aliphatic heterocycles. The highest BCUT2D eigenvalue weighted by Gasteiger charge is 2.13. The van der Waals surface area contributed by atoms with E-state index in [1.165, 1.54) is 12.7 Å². The number of alkyl halides is 2. The Morgan fingerprint density at radius 3 is 1.82 bits per heavy atom. The Morgan fingerprint density at radius 2 is 1.45 bits per heavy atom. The van der Waals surface area contributed by atoms with Crippen molar-refractivity contribution in [1.82, 2.24) is 30.4 Å². The second-order valence-electron chi connectivity index (χ2n) is 4.17. The molecule has 0 aliphatic carbocycles. The number of rotatable bonds is 10. The van der Waals surface area contributed by atoms with Gasteiger partial charge in [0, 0.05) is 0 Å². The smallest absolute Gasteiger partial charge is 0.311 e. The first-order valence-electron chi connectivity index (χ1n) is 6.46. The summed E-state index contributed by atoms with van der Waals surface area (Å²) in [5, 5.41) is 13.3. The number of nitrogens with zero attached hydrogens (tertiary/aromatic N) is 4. The third-order valence-corrected chi connectivity index (χ3v) is 5.85. The van der Waals surface area contributed by atoms with Crippen LogP contribution in [0.4, 0.5) is 0 Å². The molecule has 122 valence electrons. The second kappa shape index (κ2) is 9.90. The van der Waals surface area contributed by atoms with E-state index < -0.39 is 8.25 Å². The topological polar surface area (TPSA) is 119 Å². The van der Waals surface area contributed by atoms with Gasteiger partial charge in [-0.2, -0.15) is 10.2 Å². The average Bonchev–Trinajstić information content (AvgIpc) is 3.20. The number of hydrogen-bond acceptors (Lipinski definition) is 7. The van der Waals surface area contributed by atoms with E-state index in [0.29, 0.717) is 37.7 Å². The molecule has 22 heavy (non-hydrogen) atoms. The second-order valence-corrected chi connectivity index (χ2v) is 8.26. The van der Waals surface area contributed by atoms with E-state index in [4.69, 9.17) is 9.05 Å². The monoisotopic (exact) mass is 552 g/mol. The number of aromatic amines is 2. The molecule has 9 nitrogen and oxygen atoms in total. The van der Waals surface area contributed by atoms with Gasteiger partial charge >= 0.3 is 8.25 Å². The molecule has 12 heteroatoms. The maximum Gasteiger partial charge on any atom is 0.319 e. The lowest BCUT2D eigenvalue weighted by molar-refractivity contribution is 0.221. The third-order valence-electron chi connectivity index (χ3n) is 2.61. The Morgan fingerprint density at radius 1 is 1.00 bits per heavy atom. The standard InChI is InChI=1S/C10H15I2N6O3P/c11-7(9-13-5-15-17-9)1-3-20-22(19)21-4-2-8(12)10-14-6-16-18-10/h5-8,22H,1-4H2,(H,13,15,17)(H,14,16,18). The highest BCUT2D eigenvalue weighted by Crippen LogP contribution is 2.30. The lowest BCUT2D eigenvalue weighted by Crippen LogP contribution is -2.00. The van der Waals surface area contributed by atoms with E-state index in [1.54, 1.807) is 0 Å². The average molecular weight is 552 g/mol. The van der Waals surface area contributed by atoms with E-state index in [0.717, 1.165) is 0 Å². The SMILES string of the molecule is O=[PH](OCCC(I)c1nc[nH]n1)OCCC(I)c1nc[nH]n1. The van der Waals surface area contributed by atoms with Gasteiger partial charge in [0.2, 0.25) is 0 Å². The Bertz CT molecular complexity index is 507. The maximum atomic E-state index is 11.6. The molecule has 0 saturated heterocycles. The molecule has 0 aliphatic rings. The fourth-order valence-electron chi connectivity index (χ4n) is 1.53. The van der Waals surface area contributed by atoms with Crippen LogP contribution < -0.4 is 0 Å². The Balaban J connectivity index is 1.56. The van der Waals surface area contributed by atoms with Gasteiger partial charge in [-0.05, 0) is 12.8 Å². The van der Waals surface area contributed by atoms with Crippen molar-refractivity contribution in [3.05, 3.63) is 24.3 Å². The van der Waals surface area contributed by atoms with Crippen molar-refractivity contribution in [2.75, 3.05) is 13.2 Å². The number of H-pyrrole nitrogens is 2. The molecule has 2 heterocycles. The van der Waals surface area contributed by atoms with Gasteiger partial charge in [0.1, 0.15) is 12.7 Å².